The minimum absolute atomic E-state index is 0.112. The summed E-state index contributed by atoms with van der Waals surface area (Å²) in [6, 6.07) is 6.96. The largest absolute Gasteiger partial charge is 0.478 e. The van der Waals surface area contributed by atoms with Crippen molar-refractivity contribution in [1.82, 2.24) is 4.98 Å². The lowest BCUT2D eigenvalue weighted by atomic mass is 10.0. The highest BCUT2D eigenvalue weighted by atomic mass is 16.4. The maximum Gasteiger partial charge on any atom is 0.337 e. The lowest BCUT2D eigenvalue weighted by Crippen LogP contribution is -2.42. The first-order chi connectivity index (χ1) is 9.50. The molecule has 0 bridgehead atoms. The molecule has 6 nitrogen and oxygen atoms in total. The van der Waals surface area contributed by atoms with Crippen LogP contribution in [0.25, 0.3) is 10.8 Å². The Balaban J connectivity index is 2.56. The topological polar surface area (TPSA) is 103 Å². The molecule has 0 radical (unpaired) electrons. The number of anilines is 1. The summed E-state index contributed by atoms with van der Waals surface area (Å²) >= 11 is 0. The van der Waals surface area contributed by atoms with Crippen molar-refractivity contribution >= 4 is 22.6 Å². The van der Waals surface area contributed by atoms with Crippen molar-refractivity contribution in [2.45, 2.75) is 12.5 Å². The highest BCUT2D eigenvalue weighted by Crippen LogP contribution is 2.26. The van der Waals surface area contributed by atoms with Crippen LogP contribution >= 0.6 is 0 Å². The van der Waals surface area contributed by atoms with Crippen molar-refractivity contribution in [3.63, 3.8) is 0 Å². The first kappa shape index (κ1) is 14.2. The molecule has 2 rings (SSSR count). The predicted octanol–water partition coefficient (Wildman–Crippen LogP) is 1.09. The van der Waals surface area contributed by atoms with Crippen LogP contribution < -0.4 is 5.32 Å². The van der Waals surface area contributed by atoms with Crippen LogP contribution in [0.1, 0.15) is 17.3 Å². The Morgan fingerprint density at radius 1 is 1.25 bits per heavy atom. The molecule has 106 valence electrons. The zero-order valence-corrected chi connectivity index (χ0v) is 11.0. The summed E-state index contributed by atoms with van der Waals surface area (Å²) in [6.07, 6.45) is 1.27. The van der Waals surface area contributed by atoms with Crippen LogP contribution in [0.4, 0.5) is 5.82 Å². The number of benzene rings is 1. The molecule has 2 aromatic rings. The summed E-state index contributed by atoms with van der Waals surface area (Å²) in [5.41, 5.74) is -0.818. The molecule has 6 heteroatoms. The van der Waals surface area contributed by atoms with Gasteiger partial charge < -0.3 is 20.6 Å². The number of aliphatic hydroxyl groups is 2. The second kappa shape index (κ2) is 5.44. The van der Waals surface area contributed by atoms with Gasteiger partial charge in [0.05, 0.1) is 24.3 Å². The third kappa shape index (κ3) is 2.56. The number of carbonyl (C=O) groups is 1. The van der Waals surface area contributed by atoms with E-state index in [1.807, 2.05) is 0 Å². The van der Waals surface area contributed by atoms with Crippen molar-refractivity contribution < 1.29 is 20.1 Å². The number of rotatable bonds is 5. The number of nitrogens with zero attached hydrogens (tertiary/aromatic N) is 1. The standard InChI is InChI=1S/C14H16N2O4/c1-14(7-17,8-18)16-12-10-5-3-2-4-9(10)11(6-15-12)13(19)20/h2-6,17-18H,7-8H2,1H3,(H,15,16)(H,19,20). The van der Waals surface area contributed by atoms with E-state index in [4.69, 9.17) is 5.11 Å². The van der Waals surface area contributed by atoms with E-state index < -0.39 is 11.5 Å². The Morgan fingerprint density at radius 2 is 1.85 bits per heavy atom. The number of aromatic nitrogens is 1. The Hall–Kier alpha value is -2.18. The molecule has 0 spiro atoms. The average molecular weight is 276 g/mol. The number of carboxylic acid groups (broad SMARTS) is 1. The number of hydrogen-bond donors (Lipinski definition) is 4. The molecular formula is C14H16N2O4. The molecule has 0 fully saturated rings. The molecule has 0 aliphatic rings. The summed E-state index contributed by atoms with van der Waals surface area (Å²) in [5.74, 6) is -0.622. The Bertz CT molecular complexity index is 638. The van der Waals surface area contributed by atoms with Gasteiger partial charge in [0.1, 0.15) is 5.82 Å². The van der Waals surface area contributed by atoms with Crippen molar-refractivity contribution in [2.75, 3.05) is 18.5 Å². The number of aromatic carboxylic acids is 1. The minimum Gasteiger partial charge on any atom is -0.478 e. The third-order valence-electron chi connectivity index (χ3n) is 3.14. The Morgan fingerprint density at radius 3 is 2.40 bits per heavy atom. The van der Waals surface area contributed by atoms with Gasteiger partial charge in [-0.15, -0.1) is 0 Å². The van der Waals surface area contributed by atoms with Gasteiger partial charge in [0.25, 0.3) is 0 Å². The van der Waals surface area contributed by atoms with Crippen LogP contribution in [0, 0.1) is 0 Å². The molecular weight excluding hydrogens is 260 g/mol. The van der Waals surface area contributed by atoms with E-state index >= 15 is 0 Å². The van der Waals surface area contributed by atoms with Gasteiger partial charge in [0.15, 0.2) is 0 Å². The number of aliphatic hydroxyl groups excluding tert-OH is 2. The Kier molecular flexibility index (Phi) is 3.87. The Labute approximate surface area is 115 Å². The minimum atomic E-state index is -1.05. The van der Waals surface area contributed by atoms with Gasteiger partial charge in [-0.1, -0.05) is 24.3 Å². The normalized spacial score (nSPS) is 11.6. The van der Waals surface area contributed by atoms with Crippen LogP contribution in [0.3, 0.4) is 0 Å². The molecule has 1 aromatic heterocycles. The van der Waals surface area contributed by atoms with Crippen LogP contribution in [0.15, 0.2) is 30.5 Å². The molecule has 1 aromatic carbocycles. The summed E-state index contributed by atoms with van der Waals surface area (Å²) in [7, 11) is 0. The average Bonchev–Trinajstić information content (AvgIpc) is 2.47. The fourth-order valence-corrected chi connectivity index (χ4v) is 1.88. The highest BCUT2D eigenvalue weighted by Gasteiger charge is 2.24. The molecule has 20 heavy (non-hydrogen) atoms. The number of fused-ring (bicyclic) bond motifs is 1. The molecule has 0 atom stereocenters. The fourth-order valence-electron chi connectivity index (χ4n) is 1.88. The number of nitrogens with one attached hydrogen (secondary N) is 1. The van der Waals surface area contributed by atoms with Crippen LogP contribution in [0.2, 0.25) is 0 Å². The maximum atomic E-state index is 11.2. The van der Waals surface area contributed by atoms with Crippen molar-refractivity contribution in [1.29, 1.82) is 0 Å². The lowest BCUT2D eigenvalue weighted by molar-refractivity contribution is 0.0698. The van der Waals surface area contributed by atoms with Crippen LogP contribution in [0.5, 0.6) is 0 Å². The summed E-state index contributed by atoms with van der Waals surface area (Å²) in [4.78, 5) is 15.3. The molecule has 0 unspecified atom stereocenters. The first-order valence-electron chi connectivity index (χ1n) is 6.12. The molecule has 0 amide bonds. The van der Waals surface area contributed by atoms with Gasteiger partial charge in [-0.25, -0.2) is 9.78 Å². The molecule has 0 saturated carbocycles. The summed E-state index contributed by atoms with van der Waals surface area (Å²) < 4.78 is 0. The van der Waals surface area contributed by atoms with Gasteiger partial charge in [-0.3, -0.25) is 0 Å². The van der Waals surface area contributed by atoms with E-state index in [0.29, 0.717) is 16.6 Å². The second-order valence-electron chi connectivity index (χ2n) is 4.87. The quantitative estimate of drug-likeness (QED) is 0.652. The summed E-state index contributed by atoms with van der Waals surface area (Å²) in [6.45, 7) is 1.09. The van der Waals surface area contributed by atoms with Crippen molar-refractivity contribution in [3.8, 4) is 0 Å². The molecule has 0 aliphatic heterocycles. The molecule has 0 saturated heterocycles. The molecule has 0 aliphatic carbocycles. The van der Waals surface area contributed by atoms with Crippen molar-refractivity contribution in [2.24, 2.45) is 0 Å². The van der Waals surface area contributed by atoms with E-state index in [1.54, 1.807) is 31.2 Å². The van der Waals surface area contributed by atoms with E-state index in [0.717, 1.165) is 0 Å². The van der Waals surface area contributed by atoms with Crippen LogP contribution in [-0.4, -0.2) is 45.0 Å². The SMILES string of the molecule is CC(CO)(CO)Nc1ncc(C(=O)O)c2ccccc12. The maximum absolute atomic E-state index is 11.2. The van der Waals surface area contributed by atoms with Crippen molar-refractivity contribution in [3.05, 3.63) is 36.0 Å². The predicted molar refractivity (Wildman–Crippen MR) is 74.9 cm³/mol. The van der Waals surface area contributed by atoms with Crippen LogP contribution in [-0.2, 0) is 0 Å². The number of hydrogen-bond acceptors (Lipinski definition) is 5. The summed E-state index contributed by atoms with van der Waals surface area (Å²) in [5, 5.41) is 31.9. The monoisotopic (exact) mass is 276 g/mol. The second-order valence-corrected chi connectivity index (χ2v) is 4.87. The number of carboxylic acids is 1. The zero-order chi connectivity index (χ0) is 14.8. The van der Waals surface area contributed by atoms with Gasteiger partial charge in [0, 0.05) is 17.0 Å². The number of pyridine rings is 1. The zero-order valence-electron chi connectivity index (χ0n) is 11.0. The molecule has 4 N–H and O–H groups in total. The van der Waals surface area contributed by atoms with E-state index in [1.165, 1.54) is 6.20 Å². The fraction of sp³-hybridized carbons (Fsp3) is 0.286. The van der Waals surface area contributed by atoms with Gasteiger partial charge >= 0.3 is 5.97 Å². The van der Waals surface area contributed by atoms with E-state index in [-0.39, 0.29) is 18.8 Å². The highest BCUT2D eigenvalue weighted by molar-refractivity contribution is 6.06. The molecule has 1 heterocycles. The van der Waals surface area contributed by atoms with Gasteiger partial charge in [-0.2, -0.15) is 0 Å². The van der Waals surface area contributed by atoms with E-state index in [2.05, 4.69) is 10.3 Å². The smallest absolute Gasteiger partial charge is 0.337 e. The lowest BCUT2D eigenvalue weighted by Gasteiger charge is -2.27. The third-order valence-corrected chi connectivity index (χ3v) is 3.14. The van der Waals surface area contributed by atoms with Gasteiger partial charge in [0.2, 0.25) is 0 Å². The van der Waals surface area contributed by atoms with E-state index in [9.17, 15) is 15.0 Å². The first-order valence-corrected chi connectivity index (χ1v) is 6.12. The van der Waals surface area contributed by atoms with Gasteiger partial charge in [-0.05, 0) is 6.92 Å².